The molecule has 0 saturated carbocycles. The minimum Gasteiger partial charge on any atom is -0.324 e. The number of rotatable bonds is 3. The van der Waals surface area contributed by atoms with Crippen LogP contribution in [0.1, 0.15) is 32.0 Å². The first-order valence-corrected chi connectivity index (χ1v) is 6.33. The zero-order chi connectivity index (χ0) is 13.3. The van der Waals surface area contributed by atoms with Gasteiger partial charge in [-0.15, -0.1) is 0 Å². The second-order valence-corrected chi connectivity index (χ2v) is 4.90. The maximum atomic E-state index is 13.8. The molecule has 0 aliphatic carbocycles. The quantitative estimate of drug-likeness (QED) is 0.892. The highest BCUT2D eigenvalue weighted by molar-refractivity contribution is 5.84. The minimum atomic E-state index is -0.363. The van der Waals surface area contributed by atoms with Gasteiger partial charge < -0.3 is 4.90 Å². The van der Waals surface area contributed by atoms with Crippen LogP contribution in [0, 0.1) is 11.7 Å². The molecule has 1 aromatic carbocycles. The Morgan fingerprint density at radius 1 is 1.44 bits per heavy atom. The molecule has 1 aliphatic rings. The lowest BCUT2D eigenvalue weighted by molar-refractivity contribution is -0.129. The van der Waals surface area contributed by atoms with E-state index in [9.17, 15) is 9.18 Å². The topological polar surface area (TPSA) is 32.3 Å². The van der Waals surface area contributed by atoms with Crippen molar-refractivity contribution in [3.8, 4) is 0 Å². The molecule has 0 spiro atoms. The Balaban J connectivity index is 2.27. The van der Waals surface area contributed by atoms with Gasteiger partial charge in [-0.05, 0) is 12.0 Å². The third kappa shape index (κ3) is 2.12. The van der Waals surface area contributed by atoms with E-state index in [2.05, 4.69) is 12.2 Å². The van der Waals surface area contributed by atoms with Crippen LogP contribution in [0.25, 0.3) is 0 Å². The van der Waals surface area contributed by atoms with Crippen molar-refractivity contribution in [3.63, 3.8) is 0 Å². The Labute approximate surface area is 107 Å². The Morgan fingerprint density at radius 2 is 2.11 bits per heavy atom. The molecule has 18 heavy (non-hydrogen) atoms. The summed E-state index contributed by atoms with van der Waals surface area (Å²) in [7, 11) is 1.72. The summed E-state index contributed by atoms with van der Waals surface area (Å²) in [6.07, 6.45) is 0.555. The molecule has 0 radical (unpaired) electrons. The predicted molar refractivity (Wildman–Crippen MR) is 68.3 cm³/mol. The van der Waals surface area contributed by atoms with Gasteiger partial charge in [-0.3, -0.25) is 10.1 Å². The Morgan fingerprint density at radius 3 is 2.72 bits per heavy atom. The minimum absolute atomic E-state index is 0.0394. The molecule has 4 heteroatoms. The van der Waals surface area contributed by atoms with Crippen LogP contribution in [0.3, 0.4) is 0 Å². The second kappa shape index (κ2) is 5.06. The van der Waals surface area contributed by atoms with Crippen LogP contribution >= 0.6 is 0 Å². The second-order valence-electron chi connectivity index (χ2n) is 4.90. The number of benzene rings is 1. The van der Waals surface area contributed by atoms with E-state index in [0.29, 0.717) is 5.56 Å². The standard InChI is InChI=1S/C14H19FN2O/c1-4-9(2)12-14(18)17(3)13(16-12)10-7-5-6-8-11(10)15/h5-9,12-13,16H,4H2,1-3H3. The van der Waals surface area contributed by atoms with Crippen molar-refractivity contribution in [1.29, 1.82) is 0 Å². The number of amides is 1. The SMILES string of the molecule is CCC(C)C1NC(c2ccccc2F)N(C)C1=O. The molecule has 1 fully saturated rings. The first kappa shape index (κ1) is 13.0. The zero-order valence-corrected chi connectivity index (χ0v) is 11.0. The monoisotopic (exact) mass is 250 g/mol. The van der Waals surface area contributed by atoms with Crippen molar-refractivity contribution >= 4 is 5.91 Å². The van der Waals surface area contributed by atoms with Crippen molar-refractivity contribution in [2.75, 3.05) is 7.05 Å². The van der Waals surface area contributed by atoms with Crippen molar-refractivity contribution < 1.29 is 9.18 Å². The maximum absolute atomic E-state index is 13.8. The molecule has 0 aromatic heterocycles. The summed E-state index contributed by atoms with van der Waals surface area (Å²) in [5.41, 5.74) is 0.527. The highest BCUT2D eigenvalue weighted by atomic mass is 19.1. The summed E-state index contributed by atoms with van der Waals surface area (Å²) in [6, 6.07) is 6.36. The van der Waals surface area contributed by atoms with E-state index < -0.39 is 0 Å². The molecule has 1 saturated heterocycles. The fraction of sp³-hybridized carbons (Fsp3) is 0.500. The third-order valence-corrected chi connectivity index (χ3v) is 3.75. The lowest BCUT2D eigenvalue weighted by Crippen LogP contribution is -2.35. The van der Waals surface area contributed by atoms with E-state index in [1.807, 2.05) is 6.92 Å². The van der Waals surface area contributed by atoms with Gasteiger partial charge in [0.2, 0.25) is 5.91 Å². The lowest BCUT2D eigenvalue weighted by Gasteiger charge is -2.20. The van der Waals surface area contributed by atoms with Crippen LogP contribution < -0.4 is 5.32 Å². The highest BCUT2D eigenvalue weighted by Gasteiger charge is 2.40. The summed E-state index contributed by atoms with van der Waals surface area (Å²) < 4.78 is 13.8. The molecule has 0 bridgehead atoms. The number of hydrogen-bond donors (Lipinski definition) is 1. The molecule has 1 amide bonds. The van der Waals surface area contributed by atoms with Gasteiger partial charge in [0.15, 0.2) is 0 Å². The summed E-state index contributed by atoms with van der Waals surface area (Å²) in [4.78, 5) is 13.7. The fourth-order valence-electron chi connectivity index (χ4n) is 2.34. The normalized spacial score (nSPS) is 25.6. The van der Waals surface area contributed by atoms with E-state index >= 15 is 0 Å². The predicted octanol–water partition coefficient (Wildman–Crippen LogP) is 2.30. The van der Waals surface area contributed by atoms with Crippen LogP contribution in [0.15, 0.2) is 24.3 Å². The largest absolute Gasteiger partial charge is 0.324 e. The Kier molecular flexibility index (Phi) is 3.66. The van der Waals surface area contributed by atoms with Crippen molar-refractivity contribution in [2.45, 2.75) is 32.5 Å². The van der Waals surface area contributed by atoms with E-state index in [1.165, 1.54) is 6.07 Å². The lowest BCUT2D eigenvalue weighted by atomic mass is 9.99. The van der Waals surface area contributed by atoms with Gasteiger partial charge in [-0.2, -0.15) is 0 Å². The number of halogens is 1. The van der Waals surface area contributed by atoms with Gasteiger partial charge in [0.25, 0.3) is 0 Å². The molecule has 1 aromatic rings. The average Bonchev–Trinajstić information content (AvgIpc) is 2.67. The summed E-state index contributed by atoms with van der Waals surface area (Å²) in [6.45, 7) is 4.09. The number of carbonyl (C=O) groups excluding carboxylic acids is 1. The van der Waals surface area contributed by atoms with Gasteiger partial charge >= 0.3 is 0 Å². The van der Waals surface area contributed by atoms with Crippen molar-refractivity contribution in [2.24, 2.45) is 5.92 Å². The van der Waals surface area contributed by atoms with Crippen LogP contribution in [0.4, 0.5) is 4.39 Å². The van der Waals surface area contributed by atoms with E-state index in [1.54, 1.807) is 30.1 Å². The molecule has 1 N–H and O–H groups in total. The number of nitrogens with one attached hydrogen (secondary N) is 1. The molecule has 1 heterocycles. The number of likely N-dealkylation sites (N-methyl/N-ethyl adjacent to an activating group) is 1. The molecular weight excluding hydrogens is 231 g/mol. The average molecular weight is 250 g/mol. The molecule has 2 rings (SSSR count). The first-order chi connectivity index (χ1) is 8.56. The highest BCUT2D eigenvalue weighted by Crippen LogP contribution is 2.28. The molecular formula is C14H19FN2O. The van der Waals surface area contributed by atoms with Crippen LogP contribution in [-0.4, -0.2) is 23.9 Å². The van der Waals surface area contributed by atoms with E-state index in [-0.39, 0.29) is 29.8 Å². The van der Waals surface area contributed by atoms with E-state index in [0.717, 1.165) is 6.42 Å². The van der Waals surface area contributed by atoms with Crippen LogP contribution in [-0.2, 0) is 4.79 Å². The van der Waals surface area contributed by atoms with Gasteiger partial charge in [-0.25, -0.2) is 4.39 Å². The molecule has 1 aliphatic heterocycles. The number of carbonyl (C=O) groups is 1. The smallest absolute Gasteiger partial charge is 0.241 e. The molecule has 3 nitrogen and oxygen atoms in total. The summed E-state index contributed by atoms with van der Waals surface area (Å²) >= 11 is 0. The summed E-state index contributed by atoms with van der Waals surface area (Å²) in [5.74, 6) is 0.00813. The van der Waals surface area contributed by atoms with Gasteiger partial charge in [-0.1, -0.05) is 38.5 Å². The Hall–Kier alpha value is -1.42. The molecule has 3 unspecified atom stereocenters. The van der Waals surface area contributed by atoms with Gasteiger partial charge in [0, 0.05) is 12.6 Å². The van der Waals surface area contributed by atoms with Crippen LogP contribution in [0.5, 0.6) is 0 Å². The molecule has 98 valence electrons. The van der Waals surface area contributed by atoms with Gasteiger partial charge in [0.1, 0.15) is 12.0 Å². The summed E-state index contributed by atoms with van der Waals surface area (Å²) in [5, 5.41) is 3.23. The number of nitrogens with zero attached hydrogens (tertiary/aromatic N) is 1. The van der Waals surface area contributed by atoms with Gasteiger partial charge in [0.05, 0.1) is 6.04 Å². The van der Waals surface area contributed by atoms with Crippen molar-refractivity contribution in [1.82, 2.24) is 10.2 Å². The number of hydrogen-bond acceptors (Lipinski definition) is 2. The Bertz CT molecular complexity index is 449. The van der Waals surface area contributed by atoms with E-state index in [4.69, 9.17) is 0 Å². The fourth-order valence-corrected chi connectivity index (χ4v) is 2.34. The van der Waals surface area contributed by atoms with Crippen LogP contribution in [0.2, 0.25) is 0 Å². The zero-order valence-electron chi connectivity index (χ0n) is 11.0. The first-order valence-electron chi connectivity index (χ1n) is 6.33. The maximum Gasteiger partial charge on any atom is 0.241 e. The molecule has 3 atom stereocenters. The van der Waals surface area contributed by atoms with Crippen molar-refractivity contribution in [3.05, 3.63) is 35.6 Å². The third-order valence-electron chi connectivity index (χ3n) is 3.75.